The van der Waals surface area contributed by atoms with Gasteiger partial charge in [0.1, 0.15) is 69.8 Å². The van der Waals surface area contributed by atoms with Gasteiger partial charge in [0.2, 0.25) is 0 Å². The van der Waals surface area contributed by atoms with E-state index in [1.54, 1.807) is 0 Å². The first-order chi connectivity index (χ1) is 30.6. The van der Waals surface area contributed by atoms with E-state index in [-0.39, 0.29) is 102 Å². The molecule has 0 saturated carbocycles. The first-order valence-electron chi connectivity index (χ1n) is 16.6. The van der Waals surface area contributed by atoms with Crippen molar-refractivity contribution in [2.24, 2.45) is 0 Å². The normalized spacial score (nSPS) is 8.83. The Balaban J connectivity index is -0.000000179. The van der Waals surface area contributed by atoms with Crippen LogP contribution in [0, 0.1) is 69.8 Å². The third kappa shape index (κ3) is 31.7. The molecule has 0 radical (unpaired) electrons. The Labute approximate surface area is 459 Å². The molecule has 6 aromatic rings. The standard InChI is InChI=1S/6C7H4F2O2.6Cu/c6*8-5-1-4(7(10)11)2-6(9)3-5;;;;;;/h6*1-3H,(H,10,11);;;;;;/q;;;;;;6*+1/p-6. The van der Waals surface area contributed by atoms with Crippen LogP contribution in [0.5, 0.6) is 0 Å². The van der Waals surface area contributed by atoms with Crippen molar-refractivity contribution < 1.29 is 215 Å². The van der Waals surface area contributed by atoms with E-state index in [1.165, 1.54) is 0 Å². The number of benzene rings is 6. The molecular formula is C42H18Cu6F12O12. The van der Waals surface area contributed by atoms with Crippen LogP contribution in [0.15, 0.2) is 109 Å². The average Bonchev–Trinajstić information content (AvgIpc) is 3.17. The van der Waals surface area contributed by atoms with Crippen LogP contribution in [0.25, 0.3) is 0 Å². The van der Waals surface area contributed by atoms with E-state index < -0.39 is 139 Å². The molecule has 0 fully saturated rings. The summed E-state index contributed by atoms with van der Waals surface area (Å²) >= 11 is 0. The minimum atomic E-state index is -1.59. The maximum atomic E-state index is 12.3. The topological polar surface area (TPSA) is 241 Å². The van der Waals surface area contributed by atoms with Crippen LogP contribution in [-0.2, 0) is 102 Å². The number of aromatic carboxylic acids is 6. The fourth-order valence-electron chi connectivity index (χ4n) is 4.03. The summed E-state index contributed by atoms with van der Waals surface area (Å²) in [6.07, 6.45) is 0. The summed E-state index contributed by atoms with van der Waals surface area (Å²) in [5.74, 6) is -20.7. The van der Waals surface area contributed by atoms with Gasteiger partial charge in [-0.3, -0.25) is 0 Å². The molecule has 0 amide bonds. The zero-order valence-corrected chi connectivity index (χ0v) is 39.3. The van der Waals surface area contributed by atoms with Crippen molar-refractivity contribution in [2.75, 3.05) is 0 Å². The third-order valence-electron chi connectivity index (χ3n) is 6.59. The van der Waals surface area contributed by atoms with Crippen molar-refractivity contribution in [3.05, 3.63) is 212 Å². The fourth-order valence-corrected chi connectivity index (χ4v) is 4.03. The molecular weight excluding hydrogens is 1310 g/mol. The Morgan fingerprint density at radius 3 is 0.319 bits per heavy atom. The second-order valence-corrected chi connectivity index (χ2v) is 11.7. The molecule has 12 nitrogen and oxygen atoms in total. The Hall–Kier alpha value is -5.58. The van der Waals surface area contributed by atoms with Crippen molar-refractivity contribution in [3.8, 4) is 0 Å². The quantitative estimate of drug-likeness (QED) is 0.172. The first-order valence-corrected chi connectivity index (χ1v) is 16.6. The molecule has 0 aliphatic rings. The van der Waals surface area contributed by atoms with Gasteiger partial charge in [-0.05, 0) is 72.8 Å². The van der Waals surface area contributed by atoms with E-state index in [1.807, 2.05) is 0 Å². The molecule has 0 N–H and O–H groups in total. The number of hydrogen-bond donors (Lipinski definition) is 0. The first kappa shape index (κ1) is 77.9. The van der Waals surface area contributed by atoms with Crippen molar-refractivity contribution in [1.82, 2.24) is 0 Å². The van der Waals surface area contributed by atoms with E-state index >= 15 is 0 Å². The molecule has 0 aromatic heterocycles. The van der Waals surface area contributed by atoms with E-state index in [4.69, 9.17) is 0 Å². The predicted octanol–water partition coefficient (Wildman–Crippen LogP) is 1.95. The molecule has 0 atom stereocenters. The van der Waals surface area contributed by atoms with Crippen molar-refractivity contribution in [1.29, 1.82) is 0 Å². The number of carboxylic acids is 6. The molecule has 0 bridgehead atoms. The minimum Gasteiger partial charge on any atom is -0.545 e. The molecule has 0 saturated heterocycles. The van der Waals surface area contributed by atoms with Crippen molar-refractivity contribution in [3.63, 3.8) is 0 Å². The van der Waals surface area contributed by atoms with Crippen LogP contribution in [0.2, 0.25) is 0 Å². The van der Waals surface area contributed by atoms with E-state index in [2.05, 4.69) is 0 Å². The Morgan fingerprint density at radius 1 is 0.194 bits per heavy atom. The number of carbonyl (C=O) groups excluding carboxylic acids is 6. The molecule has 6 rings (SSSR count). The van der Waals surface area contributed by atoms with Gasteiger partial charge in [0.05, 0.1) is 35.8 Å². The van der Waals surface area contributed by atoms with Crippen LogP contribution in [0.3, 0.4) is 0 Å². The molecule has 0 aliphatic carbocycles. The summed E-state index contributed by atoms with van der Waals surface area (Å²) in [4.78, 5) is 60.4. The second-order valence-electron chi connectivity index (χ2n) is 11.7. The SMILES string of the molecule is O=C([O-])c1cc(F)cc(F)c1.O=C([O-])c1cc(F)cc(F)c1.O=C([O-])c1cc(F)cc(F)c1.O=C([O-])c1cc(F)cc(F)c1.O=C([O-])c1cc(F)cc(F)c1.O=C([O-])c1cc(F)cc(F)c1.[Cu+].[Cu+].[Cu+].[Cu+].[Cu+].[Cu+]. The summed E-state index contributed by atoms with van der Waals surface area (Å²) in [6.45, 7) is 0. The molecule has 408 valence electrons. The zero-order chi connectivity index (χ0) is 50.6. The maximum absolute atomic E-state index is 12.3. The smallest absolute Gasteiger partial charge is 0.545 e. The van der Waals surface area contributed by atoms with Crippen LogP contribution in [-0.4, -0.2) is 35.8 Å². The number of hydrogen-bond acceptors (Lipinski definition) is 12. The zero-order valence-electron chi connectivity index (χ0n) is 33.6. The van der Waals surface area contributed by atoms with Crippen molar-refractivity contribution >= 4 is 35.8 Å². The molecule has 6 aromatic carbocycles. The molecule has 0 aliphatic heterocycles. The van der Waals surface area contributed by atoms with Crippen molar-refractivity contribution in [2.45, 2.75) is 0 Å². The van der Waals surface area contributed by atoms with Gasteiger partial charge < -0.3 is 59.4 Å². The largest absolute Gasteiger partial charge is 1.00 e. The summed E-state index contributed by atoms with van der Waals surface area (Å²) in [6, 6.07) is 11.9. The number of rotatable bonds is 6. The van der Waals surface area contributed by atoms with E-state index in [9.17, 15) is 112 Å². The van der Waals surface area contributed by atoms with Gasteiger partial charge in [0.25, 0.3) is 0 Å². The van der Waals surface area contributed by atoms with E-state index in [0.717, 1.165) is 0 Å². The molecule has 0 spiro atoms. The maximum Gasteiger partial charge on any atom is 1.00 e. The van der Waals surface area contributed by atoms with Gasteiger partial charge in [-0.2, -0.15) is 0 Å². The monoisotopic (exact) mass is 1320 g/mol. The Kier molecular flexibility index (Phi) is 41.2. The van der Waals surface area contributed by atoms with Gasteiger partial charge in [-0.15, -0.1) is 0 Å². The number of carboxylic acid groups (broad SMARTS) is 6. The van der Waals surface area contributed by atoms with Gasteiger partial charge >= 0.3 is 102 Å². The minimum absolute atomic E-state index is 0. The number of carbonyl (C=O) groups is 6. The predicted molar refractivity (Wildman–Crippen MR) is 184 cm³/mol. The molecule has 30 heteroatoms. The van der Waals surface area contributed by atoms with E-state index in [0.29, 0.717) is 109 Å². The van der Waals surface area contributed by atoms with Gasteiger partial charge in [0.15, 0.2) is 0 Å². The van der Waals surface area contributed by atoms with Crippen LogP contribution >= 0.6 is 0 Å². The Morgan fingerprint density at radius 2 is 0.264 bits per heavy atom. The molecule has 72 heavy (non-hydrogen) atoms. The third-order valence-corrected chi connectivity index (χ3v) is 6.59. The molecule has 0 unspecified atom stereocenters. The van der Waals surface area contributed by atoms with Gasteiger partial charge in [-0.1, -0.05) is 0 Å². The fraction of sp³-hybridized carbons (Fsp3) is 0. The van der Waals surface area contributed by atoms with Crippen LogP contribution < -0.4 is 30.6 Å². The summed E-state index contributed by atoms with van der Waals surface area (Å²) in [5, 5.41) is 60.4. The summed E-state index contributed by atoms with van der Waals surface area (Å²) in [5.41, 5.74) is -2.99. The Bertz CT molecular complexity index is 2160. The second kappa shape index (κ2) is 38.1. The van der Waals surface area contributed by atoms with Crippen LogP contribution in [0.4, 0.5) is 52.7 Å². The average molecular weight is 1320 g/mol. The molecule has 0 heterocycles. The number of halogens is 12. The van der Waals surface area contributed by atoms with Crippen LogP contribution in [0.1, 0.15) is 62.1 Å². The summed E-state index contributed by atoms with van der Waals surface area (Å²) < 4.78 is 147. The van der Waals surface area contributed by atoms with Gasteiger partial charge in [0, 0.05) is 69.8 Å². The summed E-state index contributed by atoms with van der Waals surface area (Å²) in [7, 11) is 0. The van der Waals surface area contributed by atoms with Gasteiger partial charge in [-0.25, -0.2) is 52.7 Å².